The van der Waals surface area contributed by atoms with Crippen molar-refractivity contribution in [2.24, 2.45) is 17.7 Å². The van der Waals surface area contributed by atoms with Crippen molar-refractivity contribution in [3.05, 3.63) is 0 Å². The Morgan fingerprint density at radius 2 is 2.38 bits per heavy atom. The summed E-state index contributed by atoms with van der Waals surface area (Å²) in [7, 11) is 0. The first-order chi connectivity index (χ1) is 6.27. The zero-order valence-electron chi connectivity index (χ0n) is 8.42. The summed E-state index contributed by atoms with van der Waals surface area (Å²) in [6.45, 7) is 2.32. The van der Waals surface area contributed by atoms with E-state index in [2.05, 4.69) is 18.3 Å². The van der Waals surface area contributed by atoms with E-state index in [1.54, 1.807) is 0 Å². The molecule has 2 heteroatoms. The minimum absolute atomic E-state index is 0.327. The second-order valence-corrected chi connectivity index (χ2v) is 4.21. The monoisotopic (exact) mass is 180 g/mol. The molecule has 0 amide bonds. The Morgan fingerprint density at radius 3 is 2.92 bits per heavy atom. The van der Waals surface area contributed by atoms with Gasteiger partial charge in [-0.15, -0.1) is 12.3 Å². The SMILES string of the molecule is C#CCC(NN)C1CCCC(C)C1. The molecule has 3 unspecified atom stereocenters. The molecule has 3 atom stereocenters. The quantitative estimate of drug-likeness (QED) is 0.394. The first kappa shape index (κ1) is 10.6. The number of terminal acetylenes is 1. The number of hydrazine groups is 1. The van der Waals surface area contributed by atoms with Gasteiger partial charge in [-0.2, -0.15) is 0 Å². The smallest absolute Gasteiger partial charge is 0.0348 e. The summed E-state index contributed by atoms with van der Waals surface area (Å²) in [5.74, 6) is 9.70. The lowest BCUT2D eigenvalue weighted by Gasteiger charge is -2.31. The Hall–Kier alpha value is -0.520. The van der Waals surface area contributed by atoms with Crippen molar-refractivity contribution in [1.29, 1.82) is 0 Å². The third kappa shape index (κ3) is 3.02. The Bertz CT molecular complexity index is 183. The second kappa shape index (κ2) is 5.26. The zero-order valence-corrected chi connectivity index (χ0v) is 8.42. The summed E-state index contributed by atoms with van der Waals surface area (Å²) in [6, 6.07) is 0.327. The molecule has 0 aromatic carbocycles. The van der Waals surface area contributed by atoms with Crippen molar-refractivity contribution in [3.8, 4) is 12.3 Å². The van der Waals surface area contributed by atoms with Crippen LogP contribution in [-0.2, 0) is 0 Å². The van der Waals surface area contributed by atoms with E-state index in [0.29, 0.717) is 12.0 Å². The van der Waals surface area contributed by atoms with Crippen molar-refractivity contribution in [2.75, 3.05) is 0 Å². The molecule has 1 aliphatic carbocycles. The van der Waals surface area contributed by atoms with Gasteiger partial charge in [0, 0.05) is 12.5 Å². The number of nitrogens with two attached hydrogens (primary N) is 1. The molecule has 0 spiro atoms. The molecular formula is C11H20N2. The van der Waals surface area contributed by atoms with Crippen molar-refractivity contribution in [1.82, 2.24) is 5.43 Å². The van der Waals surface area contributed by atoms with E-state index < -0.39 is 0 Å². The number of hydrogen-bond acceptors (Lipinski definition) is 2. The fraction of sp³-hybridized carbons (Fsp3) is 0.818. The van der Waals surface area contributed by atoms with E-state index in [0.717, 1.165) is 12.3 Å². The third-order valence-electron chi connectivity index (χ3n) is 3.10. The van der Waals surface area contributed by atoms with Crippen LogP contribution in [0.25, 0.3) is 0 Å². The van der Waals surface area contributed by atoms with Gasteiger partial charge in [-0.25, -0.2) is 0 Å². The van der Waals surface area contributed by atoms with Crippen LogP contribution >= 0.6 is 0 Å². The predicted octanol–water partition coefficient (Wildman–Crippen LogP) is 1.67. The molecule has 0 bridgehead atoms. The Labute approximate surface area is 81.2 Å². The number of nitrogens with one attached hydrogen (secondary N) is 1. The fourth-order valence-corrected chi connectivity index (χ4v) is 2.34. The molecule has 3 N–H and O–H groups in total. The van der Waals surface area contributed by atoms with Crippen LogP contribution in [0.15, 0.2) is 0 Å². The maximum atomic E-state index is 5.49. The first-order valence-corrected chi connectivity index (χ1v) is 5.17. The maximum absolute atomic E-state index is 5.49. The Kier molecular flexibility index (Phi) is 4.27. The van der Waals surface area contributed by atoms with Crippen LogP contribution in [0.4, 0.5) is 0 Å². The Balaban J connectivity index is 2.43. The molecule has 0 heterocycles. The molecule has 1 aliphatic rings. The number of hydrogen-bond donors (Lipinski definition) is 2. The summed E-state index contributed by atoms with van der Waals surface area (Å²) < 4.78 is 0. The Morgan fingerprint density at radius 1 is 1.62 bits per heavy atom. The maximum Gasteiger partial charge on any atom is 0.0348 e. The minimum Gasteiger partial charge on any atom is -0.271 e. The van der Waals surface area contributed by atoms with E-state index in [1.165, 1.54) is 25.7 Å². The summed E-state index contributed by atoms with van der Waals surface area (Å²) in [5, 5.41) is 0. The molecule has 0 aromatic rings. The van der Waals surface area contributed by atoms with Gasteiger partial charge in [-0.1, -0.05) is 19.8 Å². The molecule has 0 aliphatic heterocycles. The van der Waals surface area contributed by atoms with E-state index in [9.17, 15) is 0 Å². The summed E-state index contributed by atoms with van der Waals surface area (Å²) in [5.41, 5.74) is 2.85. The van der Waals surface area contributed by atoms with Gasteiger partial charge < -0.3 is 0 Å². The van der Waals surface area contributed by atoms with Gasteiger partial charge in [-0.05, 0) is 24.7 Å². The summed E-state index contributed by atoms with van der Waals surface area (Å²) in [6.07, 6.45) is 11.3. The highest BCUT2D eigenvalue weighted by atomic mass is 15.2. The lowest BCUT2D eigenvalue weighted by molar-refractivity contribution is 0.225. The van der Waals surface area contributed by atoms with Gasteiger partial charge in [0.2, 0.25) is 0 Å². The first-order valence-electron chi connectivity index (χ1n) is 5.17. The van der Waals surface area contributed by atoms with E-state index in [-0.39, 0.29) is 0 Å². The van der Waals surface area contributed by atoms with Crippen LogP contribution in [0.5, 0.6) is 0 Å². The van der Waals surface area contributed by atoms with Crippen LogP contribution in [-0.4, -0.2) is 6.04 Å². The van der Waals surface area contributed by atoms with Crippen LogP contribution in [0, 0.1) is 24.2 Å². The van der Waals surface area contributed by atoms with E-state index in [1.807, 2.05) is 0 Å². The molecular weight excluding hydrogens is 160 g/mol. The molecule has 0 radical (unpaired) electrons. The van der Waals surface area contributed by atoms with Crippen LogP contribution in [0.2, 0.25) is 0 Å². The fourth-order valence-electron chi connectivity index (χ4n) is 2.34. The highest BCUT2D eigenvalue weighted by molar-refractivity contribution is 4.92. The predicted molar refractivity (Wildman–Crippen MR) is 55.7 cm³/mol. The van der Waals surface area contributed by atoms with Gasteiger partial charge in [0.05, 0.1) is 0 Å². The lowest BCUT2D eigenvalue weighted by atomic mass is 9.78. The van der Waals surface area contributed by atoms with Crippen LogP contribution in [0.3, 0.4) is 0 Å². The summed E-state index contributed by atoms with van der Waals surface area (Å²) >= 11 is 0. The molecule has 74 valence electrons. The normalized spacial score (nSPS) is 30.8. The van der Waals surface area contributed by atoms with Gasteiger partial charge in [0.15, 0.2) is 0 Å². The van der Waals surface area contributed by atoms with Crippen molar-refractivity contribution in [3.63, 3.8) is 0 Å². The van der Waals surface area contributed by atoms with Gasteiger partial charge in [0.25, 0.3) is 0 Å². The zero-order chi connectivity index (χ0) is 9.68. The largest absolute Gasteiger partial charge is 0.271 e. The minimum atomic E-state index is 0.327. The molecule has 0 saturated heterocycles. The van der Waals surface area contributed by atoms with E-state index in [4.69, 9.17) is 12.3 Å². The third-order valence-corrected chi connectivity index (χ3v) is 3.10. The summed E-state index contributed by atoms with van der Waals surface area (Å²) in [4.78, 5) is 0. The standard InChI is InChI=1S/C11H20N2/c1-3-5-11(13-12)10-7-4-6-9(2)8-10/h1,9-11,13H,4-8,12H2,2H3. The molecule has 13 heavy (non-hydrogen) atoms. The van der Waals surface area contributed by atoms with Crippen molar-refractivity contribution >= 4 is 0 Å². The number of rotatable bonds is 3. The molecule has 1 fully saturated rings. The van der Waals surface area contributed by atoms with E-state index >= 15 is 0 Å². The second-order valence-electron chi connectivity index (χ2n) is 4.21. The van der Waals surface area contributed by atoms with Gasteiger partial charge in [-0.3, -0.25) is 11.3 Å². The molecule has 1 saturated carbocycles. The van der Waals surface area contributed by atoms with Crippen molar-refractivity contribution < 1.29 is 0 Å². The van der Waals surface area contributed by atoms with Crippen LogP contribution < -0.4 is 11.3 Å². The lowest BCUT2D eigenvalue weighted by Crippen LogP contribution is -2.42. The molecule has 1 rings (SSSR count). The highest BCUT2D eigenvalue weighted by Gasteiger charge is 2.25. The average molecular weight is 180 g/mol. The van der Waals surface area contributed by atoms with Crippen molar-refractivity contribution in [2.45, 2.75) is 45.1 Å². The molecule has 2 nitrogen and oxygen atoms in total. The van der Waals surface area contributed by atoms with Crippen LogP contribution in [0.1, 0.15) is 39.0 Å². The molecule has 0 aromatic heterocycles. The highest BCUT2D eigenvalue weighted by Crippen LogP contribution is 2.31. The van der Waals surface area contributed by atoms with Gasteiger partial charge >= 0.3 is 0 Å². The average Bonchev–Trinajstić information content (AvgIpc) is 2.14. The topological polar surface area (TPSA) is 38.0 Å². The van der Waals surface area contributed by atoms with Gasteiger partial charge in [0.1, 0.15) is 0 Å².